The van der Waals surface area contributed by atoms with E-state index in [0.717, 1.165) is 5.56 Å². The molecular weight excluding hydrogens is 336 g/mol. The fraction of sp³-hybridized carbons (Fsp3) is 0.167. The highest BCUT2D eigenvalue weighted by Crippen LogP contribution is 2.27. The Balaban J connectivity index is 1.79. The Bertz CT molecular complexity index is 884. The molecule has 0 aliphatic heterocycles. The summed E-state index contributed by atoms with van der Waals surface area (Å²) >= 11 is 0. The fourth-order valence-corrected chi connectivity index (χ4v) is 3.12. The summed E-state index contributed by atoms with van der Waals surface area (Å²) < 4.78 is 5.15. The van der Waals surface area contributed by atoms with E-state index in [-0.39, 0.29) is 23.9 Å². The van der Waals surface area contributed by atoms with Gasteiger partial charge in [0.05, 0.1) is 7.11 Å². The smallest absolute Gasteiger partial charge is 0.163 e. The predicted octanol–water partition coefficient (Wildman–Crippen LogP) is 5.32. The monoisotopic (exact) mass is 358 g/mol. The minimum absolute atomic E-state index is 0.0207. The van der Waals surface area contributed by atoms with Crippen LogP contribution in [0.15, 0.2) is 84.9 Å². The first-order valence-electron chi connectivity index (χ1n) is 8.98. The standard InChI is InChI=1S/C24H22O3/c1-27-22-14-12-20(13-15-22)24(26)17-21(18-8-4-2-5-9-18)16-23(25)19-10-6-3-7-11-19/h2-15,21H,16-17H2,1H3/t21-/m0/s1. The molecule has 27 heavy (non-hydrogen) atoms. The van der Waals surface area contributed by atoms with Gasteiger partial charge in [0, 0.05) is 24.0 Å². The van der Waals surface area contributed by atoms with E-state index in [9.17, 15) is 9.59 Å². The van der Waals surface area contributed by atoms with Crippen LogP contribution in [0.25, 0.3) is 0 Å². The predicted molar refractivity (Wildman–Crippen MR) is 107 cm³/mol. The minimum Gasteiger partial charge on any atom is -0.497 e. The van der Waals surface area contributed by atoms with Crippen LogP contribution < -0.4 is 4.74 Å². The number of hydrogen-bond donors (Lipinski definition) is 0. The third-order valence-corrected chi connectivity index (χ3v) is 4.64. The number of benzene rings is 3. The molecule has 0 bridgehead atoms. The molecule has 3 rings (SSSR count). The van der Waals surface area contributed by atoms with Crippen LogP contribution in [0.5, 0.6) is 5.75 Å². The van der Waals surface area contributed by atoms with Crippen LogP contribution in [0.1, 0.15) is 45.0 Å². The zero-order valence-electron chi connectivity index (χ0n) is 15.3. The molecule has 0 radical (unpaired) electrons. The van der Waals surface area contributed by atoms with Gasteiger partial charge in [-0.3, -0.25) is 9.59 Å². The fourth-order valence-electron chi connectivity index (χ4n) is 3.12. The Labute approximate surface area is 159 Å². The van der Waals surface area contributed by atoms with Crippen molar-refractivity contribution in [2.45, 2.75) is 18.8 Å². The van der Waals surface area contributed by atoms with Crippen LogP contribution in [0, 0.1) is 0 Å². The molecule has 0 fully saturated rings. The van der Waals surface area contributed by atoms with Crippen LogP contribution in [0.2, 0.25) is 0 Å². The maximum Gasteiger partial charge on any atom is 0.163 e. The van der Waals surface area contributed by atoms with E-state index in [1.807, 2.05) is 60.7 Å². The van der Waals surface area contributed by atoms with E-state index in [0.29, 0.717) is 23.3 Å². The van der Waals surface area contributed by atoms with Gasteiger partial charge in [0.2, 0.25) is 0 Å². The van der Waals surface area contributed by atoms with Gasteiger partial charge in [-0.15, -0.1) is 0 Å². The molecule has 0 saturated carbocycles. The minimum atomic E-state index is -0.159. The lowest BCUT2D eigenvalue weighted by molar-refractivity contribution is 0.0944. The summed E-state index contributed by atoms with van der Waals surface area (Å²) in [6.07, 6.45) is 0.588. The SMILES string of the molecule is COc1ccc(C(=O)C[C@H](CC(=O)c2ccccc2)c2ccccc2)cc1. The third-order valence-electron chi connectivity index (χ3n) is 4.64. The van der Waals surface area contributed by atoms with E-state index in [2.05, 4.69) is 0 Å². The second-order valence-electron chi connectivity index (χ2n) is 6.46. The lowest BCUT2D eigenvalue weighted by atomic mass is 9.86. The Morgan fingerprint density at radius 2 is 1.19 bits per heavy atom. The zero-order chi connectivity index (χ0) is 19.1. The molecule has 3 aromatic carbocycles. The lowest BCUT2D eigenvalue weighted by Gasteiger charge is -2.16. The first-order chi connectivity index (χ1) is 13.2. The lowest BCUT2D eigenvalue weighted by Crippen LogP contribution is -2.12. The number of Topliss-reactive ketones (excluding diaryl/α,β-unsaturated/α-hetero) is 2. The van der Waals surface area contributed by atoms with Crippen molar-refractivity contribution in [1.29, 1.82) is 0 Å². The second-order valence-corrected chi connectivity index (χ2v) is 6.46. The second kappa shape index (κ2) is 8.95. The van der Waals surface area contributed by atoms with Crippen molar-refractivity contribution >= 4 is 11.6 Å². The molecule has 0 aliphatic rings. The van der Waals surface area contributed by atoms with Crippen molar-refractivity contribution in [3.63, 3.8) is 0 Å². The topological polar surface area (TPSA) is 43.4 Å². The number of ketones is 2. The molecule has 3 nitrogen and oxygen atoms in total. The van der Waals surface area contributed by atoms with Crippen LogP contribution in [0.4, 0.5) is 0 Å². The normalized spacial score (nSPS) is 11.6. The number of carbonyl (C=O) groups is 2. The number of ether oxygens (including phenoxy) is 1. The van der Waals surface area contributed by atoms with Crippen molar-refractivity contribution in [1.82, 2.24) is 0 Å². The van der Waals surface area contributed by atoms with E-state index >= 15 is 0 Å². The van der Waals surface area contributed by atoms with Gasteiger partial charge in [-0.2, -0.15) is 0 Å². The molecule has 0 spiro atoms. The molecule has 0 aliphatic carbocycles. The molecule has 1 atom stereocenters. The van der Waals surface area contributed by atoms with Gasteiger partial charge < -0.3 is 4.74 Å². The van der Waals surface area contributed by atoms with Crippen LogP contribution >= 0.6 is 0 Å². The highest BCUT2D eigenvalue weighted by Gasteiger charge is 2.21. The highest BCUT2D eigenvalue weighted by molar-refractivity contribution is 5.99. The number of carbonyl (C=O) groups excluding carboxylic acids is 2. The number of rotatable bonds is 8. The molecular formula is C24H22O3. The molecule has 3 aromatic rings. The van der Waals surface area contributed by atoms with Gasteiger partial charge in [-0.05, 0) is 35.7 Å². The maximum absolute atomic E-state index is 12.8. The summed E-state index contributed by atoms with van der Waals surface area (Å²) in [5.41, 5.74) is 2.31. The van der Waals surface area contributed by atoms with Gasteiger partial charge >= 0.3 is 0 Å². The molecule has 0 amide bonds. The largest absolute Gasteiger partial charge is 0.497 e. The van der Waals surface area contributed by atoms with Gasteiger partial charge in [0.1, 0.15) is 5.75 Å². The van der Waals surface area contributed by atoms with Gasteiger partial charge in [0.25, 0.3) is 0 Å². The molecule has 0 aromatic heterocycles. The highest BCUT2D eigenvalue weighted by atomic mass is 16.5. The van der Waals surface area contributed by atoms with Gasteiger partial charge in [0.15, 0.2) is 11.6 Å². The Kier molecular flexibility index (Phi) is 6.16. The summed E-state index contributed by atoms with van der Waals surface area (Å²) in [5, 5.41) is 0. The number of methoxy groups -OCH3 is 1. The summed E-state index contributed by atoms with van der Waals surface area (Å²) in [7, 11) is 1.59. The van der Waals surface area contributed by atoms with Crippen LogP contribution in [0.3, 0.4) is 0 Å². The summed E-state index contributed by atoms with van der Waals surface area (Å²) in [4.78, 5) is 25.5. The quantitative estimate of drug-likeness (QED) is 0.512. The average Bonchev–Trinajstić information content (AvgIpc) is 2.74. The Morgan fingerprint density at radius 3 is 1.70 bits per heavy atom. The molecule has 0 N–H and O–H groups in total. The molecule has 0 saturated heterocycles. The van der Waals surface area contributed by atoms with Crippen molar-refractivity contribution < 1.29 is 14.3 Å². The number of hydrogen-bond acceptors (Lipinski definition) is 3. The summed E-state index contributed by atoms with van der Waals surface area (Å²) in [5.74, 6) is 0.623. The van der Waals surface area contributed by atoms with Gasteiger partial charge in [-0.25, -0.2) is 0 Å². The van der Waals surface area contributed by atoms with E-state index in [1.54, 1.807) is 31.4 Å². The zero-order valence-corrected chi connectivity index (χ0v) is 15.3. The van der Waals surface area contributed by atoms with Gasteiger partial charge in [-0.1, -0.05) is 60.7 Å². The molecule has 0 heterocycles. The van der Waals surface area contributed by atoms with Crippen LogP contribution in [-0.4, -0.2) is 18.7 Å². The van der Waals surface area contributed by atoms with E-state index in [1.165, 1.54) is 0 Å². The van der Waals surface area contributed by atoms with Crippen molar-refractivity contribution in [3.05, 3.63) is 102 Å². The summed E-state index contributed by atoms with van der Waals surface area (Å²) in [6.45, 7) is 0. The molecule has 136 valence electrons. The molecule has 3 heteroatoms. The summed E-state index contributed by atoms with van der Waals surface area (Å²) in [6, 6.07) is 26.1. The van der Waals surface area contributed by atoms with E-state index in [4.69, 9.17) is 4.74 Å². The van der Waals surface area contributed by atoms with Crippen molar-refractivity contribution in [2.75, 3.05) is 7.11 Å². The first kappa shape index (κ1) is 18.6. The molecule has 0 unspecified atom stereocenters. The van der Waals surface area contributed by atoms with Crippen molar-refractivity contribution in [2.24, 2.45) is 0 Å². The third kappa shape index (κ3) is 4.91. The Morgan fingerprint density at radius 1 is 0.704 bits per heavy atom. The maximum atomic E-state index is 12.8. The van der Waals surface area contributed by atoms with E-state index < -0.39 is 0 Å². The van der Waals surface area contributed by atoms with Crippen LogP contribution in [-0.2, 0) is 0 Å². The first-order valence-corrected chi connectivity index (χ1v) is 8.98. The average molecular weight is 358 g/mol. The van der Waals surface area contributed by atoms with Crippen molar-refractivity contribution in [3.8, 4) is 5.75 Å². The Hall–Kier alpha value is -3.20.